The van der Waals surface area contributed by atoms with Crippen LogP contribution in [0.2, 0.25) is 5.02 Å². The maximum Gasteiger partial charge on any atom is 0.406 e. The number of amides is 1. The molecular formula is C23H20ClN3O5S. The Labute approximate surface area is 198 Å². The van der Waals surface area contributed by atoms with E-state index in [1.165, 1.54) is 36.5 Å². The monoisotopic (exact) mass is 485 g/mol. The first-order valence-electron chi connectivity index (χ1n) is 9.90. The van der Waals surface area contributed by atoms with Gasteiger partial charge in [-0.2, -0.15) is 0 Å². The maximum absolute atomic E-state index is 13.2. The van der Waals surface area contributed by atoms with E-state index in [4.69, 9.17) is 21.1 Å². The van der Waals surface area contributed by atoms with Gasteiger partial charge < -0.3 is 19.5 Å². The van der Waals surface area contributed by atoms with Crippen LogP contribution in [0.25, 0.3) is 26.3 Å². The Bertz CT molecular complexity index is 1350. The van der Waals surface area contributed by atoms with Gasteiger partial charge in [0.25, 0.3) is 5.56 Å². The predicted octanol–water partition coefficient (Wildman–Crippen LogP) is 4.51. The van der Waals surface area contributed by atoms with Crippen molar-refractivity contribution in [1.82, 2.24) is 14.9 Å². The number of methoxy groups -OCH3 is 2. The Balaban J connectivity index is 1.60. The van der Waals surface area contributed by atoms with Crippen molar-refractivity contribution in [3.05, 3.63) is 70.2 Å². The van der Waals surface area contributed by atoms with Crippen molar-refractivity contribution in [3.8, 4) is 27.6 Å². The Kier molecular flexibility index (Phi) is 6.81. The molecule has 2 aromatic heterocycles. The lowest BCUT2D eigenvalue weighted by atomic mass is 10.2. The second-order valence-corrected chi connectivity index (χ2v) is 8.34. The molecular weight excluding hydrogens is 466 g/mol. The second-order valence-electron chi connectivity index (χ2n) is 6.85. The van der Waals surface area contributed by atoms with Crippen LogP contribution >= 0.6 is 22.9 Å². The van der Waals surface area contributed by atoms with Crippen molar-refractivity contribution in [2.24, 2.45) is 0 Å². The smallest absolute Gasteiger partial charge is 0.406 e. The van der Waals surface area contributed by atoms with Crippen LogP contribution in [0, 0.1) is 0 Å². The van der Waals surface area contributed by atoms with E-state index >= 15 is 0 Å². The number of alkyl carbamates (subject to hydrolysis) is 1. The van der Waals surface area contributed by atoms with E-state index in [9.17, 15) is 9.59 Å². The van der Waals surface area contributed by atoms with Gasteiger partial charge in [-0.1, -0.05) is 23.7 Å². The predicted molar refractivity (Wildman–Crippen MR) is 128 cm³/mol. The number of benzene rings is 2. The van der Waals surface area contributed by atoms with E-state index in [0.29, 0.717) is 32.4 Å². The van der Waals surface area contributed by atoms with Crippen LogP contribution in [0.1, 0.15) is 0 Å². The lowest BCUT2D eigenvalue weighted by molar-refractivity contribution is 0.168. The molecule has 0 aliphatic carbocycles. The summed E-state index contributed by atoms with van der Waals surface area (Å²) in [6.07, 6.45) is 0.967. The van der Waals surface area contributed by atoms with Crippen molar-refractivity contribution in [1.29, 1.82) is 0 Å². The number of thiophene rings is 1. The molecule has 2 aromatic carbocycles. The highest BCUT2D eigenvalue weighted by atomic mass is 35.5. The van der Waals surface area contributed by atoms with Gasteiger partial charge in [0.2, 0.25) is 0 Å². The van der Waals surface area contributed by atoms with Crippen molar-refractivity contribution < 1.29 is 19.0 Å². The zero-order valence-corrected chi connectivity index (χ0v) is 19.4. The first-order chi connectivity index (χ1) is 16.0. The Morgan fingerprint density at radius 3 is 2.64 bits per heavy atom. The molecule has 1 N–H and O–H groups in total. The lowest BCUT2D eigenvalue weighted by Gasteiger charge is -2.13. The molecule has 0 fully saturated rings. The molecule has 2 heterocycles. The highest BCUT2D eigenvalue weighted by molar-refractivity contribution is 7.22. The Morgan fingerprint density at radius 2 is 1.91 bits per heavy atom. The minimum atomic E-state index is -0.532. The molecule has 0 spiro atoms. The molecule has 0 bridgehead atoms. The number of fused-ring (bicyclic) bond motifs is 1. The summed E-state index contributed by atoms with van der Waals surface area (Å²) in [5, 5.41) is 3.19. The first-order valence-corrected chi connectivity index (χ1v) is 11.1. The summed E-state index contributed by atoms with van der Waals surface area (Å²) in [7, 11) is 2.81. The van der Waals surface area contributed by atoms with Gasteiger partial charge in [-0.15, -0.1) is 11.3 Å². The van der Waals surface area contributed by atoms with Gasteiger partial charge in [0, 0.05) is 16.0 Å². The van der Waals surface area contributed by atoms with Gasteiger partial charge >= 0.3 is 6.09 Å². The number of carbonyl (C=O) groups is 1. The molecule has 33 heavy (non-hydrogen) atoms. The first kappa shape index (κ1) is 22.6. The number of hydrogen-bond donors (Lipinski definition) is 1. The summed E-state index contributed by atoms with van der Waals surface area (Å²) < 4.78 is 17.6. The van der Waals surface area contributed by atoms with Crippen LogP contribution in [0.3, 0.4) is 0 Å². The van der Waals surface area contributed by atoms with Gasteiger partial charge in [0.05, 0.1) is 32.0 Å². The van der Waals surface area contributed by atoms with Gasteiger partial charge in [-0.3, -0.25) is 9.36 Å². The quantitative estimate of drug-likeness (QED) is 0.387. The summed E-state index contributed by atoms with van der Waals surface area (Å²) in [6, 6.07) is 14.5. The third kappa shape index (κ3) is 4.94. The molecule has 0 saturated heterocycles. The number of nitrogens with zero attached hydrogens (tertiary/aromatic N) is 2. The zero-order valence-electron chi connectivity index (χ0n) is 17.8. The number of halogens is 1. The Morgan fingerprint density at radius 1 is 1.12 bits per heavy atom. The summed E-state index contributed by atoms with van der Waals surface area (Å²) in [5.74, 6) is 0.932. The molecule has 0 aliphatic rings. The molecule has 0 atom stereocenters. The molecule has 0 unspecified atom stereocenters. The van der Waals surface area contributed by atoms with Crippen LogP contribution in [0.5, 0.6) is 11.5 Å². The van der Waals surface area contributed by atoms with Crippen LogP contribution in [-0.4, -0.2) is 43.0 Å². The van der Waals surface area contributed by atoms with E-state index in [0.717, 1.165) is 10.4 Å². The Hall–Kier alpha value is -3.56. The van der Waals surface area contributed by atoms with E-state index in [-0.39, 0.29) is 18.7 Å². The molecule has 0 saturated carbocycles. The second kappa shape index (κ2) is 9.93. The van der Waals surface area contributed by atoms with Crippen molar-refractivity contribution in [2.75, 3.05) is 27.4 Å². The van der Waals surface area contributed by atoms with Crippen LogP contribution in [-0.2, 0) is 4.74 Å². The van der Waals surface area contributed by atoms with E-state index in [1.807, 2.05) is 30.3 Å². The molecule has 0 aliphatic heterocycles. The molecule has 8 nitrogen and oxygen atoms in total. The minimum absolute atomic E-state index is 0.178. The third-order valence-corrected chi connectivity index (χ3v) is 6.22. The molecule has 0 radical (unpaired) electrons. The fourth-order valence-electron chi connectivity index (χ4n) is 3.16. The number of ether oxygens (including phenoxy) is 3. The van der Waals surface area contributed by atoms with Crippen LogP contribution < -0.4 is 20.3 Å². The van der Waals surface area contributed by atoms with E-state index < -0.39 is 6.09 Å². The number of nitrogens with one attached hydrogen (secondary N) is 1. The van der Waals surface area contributed by atoms with Crippen LogP contribution in [0.15, 0.2) is 59.7 Å². The summed E-state index contributed by atoms with van der Waals surface area (Å²) in [4.78, 5) is 29.7. The molecule has 4 aromatic rings. The average molecular weight is 486 g/mol. The minimum Gasteiger partial charge on any atom is -0.493 e. The SMILES string of the molecule is COC(=O)NCCOc1ccc(-n2cnc3cc(-c4ccc(Cl)cc4)sc3c2=O)cc1OC. The van der Waals surface area contributed by atoms with Gasteiger partial charge in [-0.05, 0) is 35.9 Å². The highest BCUT2D eigenvalue weighted by Crippen LogP contribution is 2.32. The normalized spacial score (nSPS) is 10.8. The summed E-state index contributed by atoms with van der Waals surface area (Å²) >= 11 is 7.36. The average Bonchev–Trinajstić information content (AvgIpc) is 3.28. The molecule has 4 rings (SSSR count). The number of aromatic nitrogens is 2. The largest absolute Gasteiger partial charge is 0.493 e. The van der Waals surface area contributed by atoms with Gasteiger partial charge in [0.1, 0.15) is 17.6 Å². The summed E-state index contributed by atoms with van der Waals surface area (Å²) in [5.41, 5.74) is 2.02. The van der Waals surface area contributed by atoms with Crippen LogP contribution in [0.4, 0.5) is 4.79 Å². The maximum atomic E-state index is 13.2. The van der Waals surface area contributed by atoms with Crippen molar-refractivity contribution >= 4 is 39.2 Å². The number of rotatable bonds is 7. The van der Waals surface area contributed by atoms with Gasteiger partial charge in [-0.25, -0.2) is 9.78 Å². The lowest BCUT2D eigenvalue weighted by Crippen LogP contribution is -2.27. The fraction of sp³-hybridized carbons (Fsp3) is 0.174. The molecule has 1 amide bonds. The fourth-order valence-corrected chi connectivity index (χ4v) is 4.34. The number of carbonyl (C=O) groups excluding carboxylic acids is 1. The molecule has 170 valence electrons. The number of hydrogen-bond acceptors (Lipinski definition) is 7. The van der Waals surface area contributed by atoms with Gasteiger partial charge in [0.15, 0.2) is 11.5 Å². The van der Waals surface area contributed by atoms with E-state index in [1.54, 1.807) is 18.2 Å². The zero-order chi connectivity index (χ0) is 23.4. The van der Waals surface area contributed by atoms with E-state index in [2.05, 4.69) is 15.0 Å². The standard InChI is InChI=1S/C23H20ClN3O5S/c1-30-19-11-16(7-8-18(19)32-10-9-25-23(29)31-2)27-13-26-17-12-20(33-21(17)22(27)28)14-3-5-15(24)6-4-14/h3-8,11-13H,9-10H2,1-2H3,(H,25,29). The topological polar surface area (TPSA) is 91.7 Å². The molecule has 10 heteroatoms. The van der Waals surface area contributed by atoms with Crippen molar-refractivity contribution in [3.63, 3.8) is 0 Å². The summed E-state index contributed by atoms with van der Waals surface area (Å²) in [6.45, 7) is 0.493. The highest BCUT2D eigenvalue weighted by Gasteiger charge is 2.14. The third-order valence-electron chi connectivity index (χ3n) is 4.81. The van der Waals surface area contributed by atoms with Crippen molar-refractivity contribution in [2.45, 2.75) is 0 Å².